The molecule has 2 amide bonds. The van der Waals surface area contributed by atoms with Gasteiger partial charge in [0.2, 0.25) is 0 Å². The van der Waals surface area contributed by atoms with Crippen LogP contribution in [-0.4, -0.2) is 40.2 Å². The Bertz CT molecular complexity index is 633. The molecule has 0 spiro atoms. The van der Waals surface area contributed by atoms with Crippen molar-refractivity contribution >= 4 is 12.0 Å². The number of aliphatic carboxylic acids is 1. The van der Waals surface area contributed by atoms with E-state index in [1.165, 1.54) is 0 Å². The number of benzene rings is 1. The number of phenols is 1. The van der Waals surface area contributed by atoms with Crippen LogP contribution < -0.4 is 5.32 Å². The van der Waals surface area contributed by atoms with Crippen molar-refractivity contribution < 1.29 is 19.8 Å². The lowest BCUT2D eigenvalue weighted by molar-refractivity contribution is -0.149. The van der Waals surface area contributed by atoms with Crippen molar-refractivity contribution in [3.05, 3.63) is 29.8 Å². The number of aromatic hydroxyl groups is 1. The SMILES string of the molecule is C[C@@H](NC(=O)N1C[C@@H]2CCC[C@@]2(C(=O)O)C1)c1cccc(O)c1. The van der Waals surface area contributed by atoms with Gasteiger partial charge in [-0.15, -0.1) is 0 Å². The third-order valence-electron chi connectivity index (χ3n) is 5.29. The number of carboxylic acid groups (broad SMARTS) is 1. The van der Waals surface area contributed by atoms with Gasteiger partial charge in [0, 0.05) is 13.1 Å². The second-order valence-corrected chi connectivity index (χ2v) is 6.70. The molecule has 3 N–H and O–H groups in total. The lowest BCUT2D eigenvalue weighted by atomic mass is 9.81. The van der Waals surface area contributed by atoms with Gasteiger partial charge in [0.05, 0.1) is 11.5 Å². The Balaban J connectivity index is 1.67. The van der Waals surface area contributed by atoms with E-state index in [0.29, 0.717) is 13.0 Å². The van der Waals surface area contributed by atoms with Crippen LogP contribution in [0.3, 0.4) is 0 Å². The molecule has 1 saturated carbocycles. The van der Waals surface area contributed by atoms with E-state index in [0.717, 1.165) is 18.4 Å². The molecule has 0 bridgehead atoms. The molecule has 1 saturated heterocycles. The molecule has 1 heterocycles. The molecule has 3 atom stereocenters. The van der Waals surface area contributed by atoms with Gasteiger partial charge >= 0.3 is 12.0 Å². The Morgan fingerprint density at radius 1 is 1.43 bits per heavy atom. The summed E-state index contributed by atoms with van der Waals surface area (Å²) in [5, 5.41) is 22.0. The molecule has 3 rings (SSSR count). The number of carboxylic acids is 1. The van der Waals surface area contributed by atoms with Gasteiger partial charge in [-0.05, 0) is 43.4 Å². The minimum atomic E-state index is -0.781. The van der Waals surface area contributed by atoms with E-state index in [1.54, 1.807) is 23.1 Å². The first-order chi connectivity index (χ1) is 10.9. The van der Waals surface area contributed by atoms with Crippen LogP contribution in [0.2, 0.25) is 0 Å². The van der Waals surface area contributed by atoms with Crippen LogP contribution in [0, 0.1) is 11.3 Å². The summed E-state index contributed by atoms with van der Waals surface area (Å²) in [5.41, 5.74) is 0.0525. The highest BCUT2D eigenvalue weighted by molar-refractivity contribution is 5.80. The third-order valence-corrected chi connectivity index (χ3v) is 5.29. The molecule has 1 aromatic rings. The molecule has 0 unspecified atom stereocenters. The van der Waals surface area contributed by atoms with E-state index in [-0.39, 0.29) is 30.3 Å². The summed E-state index contributed by atoms with van der Waals surface area (Å²) in [6, 6.07) is 6.26. The minimum Gasteiger partial charge on any atom is -0.508 e. The van der Waals surface area contributed by atoms with Gasteiger partial charge in [0.1, 0.15) is 5.75 Å². The van der Waals surface area contributed by atoms with E-state index >= 15 is 0 Å². The van der Waals surface area contributed by atoms with Crippen molar-refractivity contribution in [2.24, 2.45) is 11.3 Å². The smallest absolute Gasteiger partial charge is 0.317 e. The molecule has 6 heteroatoms. The average molecular weight is 318 g/mol. The Morgan fingerprint density at radius 2 is 2.22 bits per heavy atom. The van der Waals surface area contributed by atoms with Gasteiger partial charge in [-0.2, -0.15) is 0 Å². The molecule has 2 aliphatic rings. The monoisotopic (exact) mass is 318 g/mol. The number of phenolic OH excluding ortho intramolecular Hbond substituents is 1. The molecule has 23 heavy (non-hydrogen) atoms. The zero-order valence-electron chi connectivity index (χ0n) is 13.2. The number of rotatable bonds is 3. The number of nitrogens with one attached hydrogen (secondary N) is 1. The average Bonchev–Trinajstić information content (AvgIpc) is 3.05. The van der Waals surface area contributed by atoms with Crippen molar-refractivity contribution in [3.8, 4) is 5.75 Å². The number of urea groups is 1. The van der Waals surface area contributed by atoms with Gasteiger partial charge < -0.3 is 20.4 Å². The van der Waals surface area contributed by atoms with Gasteiger partial charge in [-0.1, -0.05) is 18.6 Å². The minimum absolute atomic E-state index is 0.0572. The van der Waals surface area contributed by atoms with E-state index in [9.17, 15) is 19.8 Å². The molecular weight excluding hydrogens is 296 g/mol. The second-order valence-electron chi connectivity index (χ2n) is 6.70. The standard InChI is InChI=1S/C17H22N2O4/c1-11(12-4-2-6-14(20)8-12)18-16(23)19-9-13-5-3-7-17(13,10-19)15(21)22/h2,4,6,8,11,13,20H,3,5,7,9-10H2,1H3,(H,18,23)(H,21,22)/t11-,13+,17-/m1/s1. The maximum atomic E-state index is 12.5. The number of fused-ring (bicyclic) bond motifs is 1. The molecule has 124 valence electrons. The largest absolute Gasteiger partial charge is 0.508 e. The Morgan fingerprint density at radius 3 is 2.87 bits per heavy atom. The normalized spacial score (nSPS) is 27.5. The Kier molecular flexibility index (Phi) is 3.92. The lowest BCUT2D eigenvalue weighted by Gasteiger charge is -2.24. The summed E-state index contributed by atoms with van der Waals surface area (Å²) in [4.78, 5) is 25.8. The number of hydrogen-bond acceptors (Lipinski definition) is 3. The van der Waals surface area contributed by atoms with Crippen LogP contribution in [0.5, 0.6) is 5.75 Å². The Labute approximate surface area is 135 Å². The van der Waals surface area contributed by atoms with E-state index in [2.05, 4.69) is 5.32 Å². The first kappa shape index (κ1) is 15.6. The summed E-state index contributed by atoms with van der Waals surface area (Å²) in [6.07, 6.45) is 2.45. The second kappa shape index (κ2) is 5.76. The fraction of sp³-hybridized carbons (Fsp3) is 0.529. The number of likely N-dealkylation sites (tertiary alicyclic amines) is 1. The quantitative estimate of drug-likeness (QED) is 0.798. The number of carbonyl (C=O) groups is 2. The molecule has 6 nitrogen and oxygen atoms in total. The number of nitrogens with zero attached hydrogens (tertiary/aromatic N) is 1. The van der Waals surface area contributed by atoms with Crippen molar-refractivity contribution in [1.82, 2.24) is 10.2 Å². The van der Waals surface area contributed by atoms with Crippen molar-refractivity contribution in [2.75, 3.05) is 13.1 Å². The van der Waals surface area contributed by atoms with Crippen LogP contribution in [0.4, 0.5) is 4.79 Å². The molecule has 2 fully saturated rings. The molecule has 1 aliphatic heterocycles. The summed E-state index contributed by atoms with van der Waals surface area (Å²) >= 11 is 0. The van der Waals surface area contributed by atoms with Gasteiger partial charge in [-0.3, -0.25) is 4.79 Å². The van der Waals surface area contributed by atoms with E-state index in [1.807, 2.05) is 13.0 Å². The first-order valence-electron chi connectivity index (χ1n) is 8.00. The number of carbonyl (C=O) groups excluding carboxylic acids is 1. The molecule has 0 radical (unpaired) electrons. The number of hydrogen-bond donors (Lipinski definition) is 3. The predicted molar refractivity (Wildman–Crippen MR) is 84.0 cm³/mol. The Hall–Kier alpha value is -2.24. The highest BCUT2D eigenvalue weighted by Gasteiger charge is 2.55. The predicted octanol–water partition coefficient (Wildman–Crippen LogP) is 2.35. The van der Waals surface area contributed by atoms with Crippen LogP contribution >= 0.6 is 0 Å². The molecule has 1 aliphatic carbocycles. The van der Waals surface area contributed by atoms with Crippen LogP contribution in [0.15, 0.2) is 24.3 Å². The topological polar surface area (TPSA) is 89.9 Å². The maximum absolute atomic E-state index is 12.5. The molecule has 0 aromatic heterocycles. The first-order valence-corrected chi connectivity index (χ1v) is 8.00. The molecular formula is C17H22N2O4. The zero-order chi connectivity index (χ0) is 16.6. The van der Waals surface area contributed by atoms with E-state index < -0.39 is 11.4 Å². The maximum Gasteiger partial charge on any atom is 0.317 e. The van der Waals surface area contributed by atoms with Gasteiger partial charge in [-0.25, -0.2) is 4.79 Å². The summed E-state index contributed by atoms with van der Waals surface area (Å²) in [5.74, 6) is -0.567. The highest BCUT2D eigenvalue weighted by atomic mass is 16.4. The van der Waals surface area contributed by atoms with Crippen molar-refractivity contribution in [2.45, 2.75) is 32.2 Å². The number of amides is 2. The fourth-order valence-electron chi connectivity index (χ4n) is 3.95. The zero-order valence-corrected chi connectivity index (χ0v) is 13.2. The molecule has 1 aromatic carbocycles. The lowest BCUT2D eigenvalue weighted by Crippen LogP contribution is -2.42. The van der Waals surface area contributed by atoms with Crippen LogP contribution in [0.25, 0.3) is 0 Å². The summed E-state index contributed by atoms with van der Waals surface area (Å²) in [7, 11) is 0. The van der Waals surface area contributed by atoms with Gasteiger partial charge in [0.25, 0.3) is 0 Å². The van der Waals surface area contributed by atoms with Crippen LogP contribution in [-0.2, 0) is 4.79 Å². The van der Waals surface area contributed by atoms with Crippen molar-refractivity contribution in [3.63, 3.8) is 0 Å². The van der Waals surface area contributed by atoms with E-state index in [4.69, 9.17) is 0 Å². The van der Waals surface area contributed by atoms with Crippen molar-refractivity contribution in [1.29, 1.82) is 0 Å². The summed E-state index contributed by atoms with van der Waals surface area (Å²) < 4.78 is 0. The summed E-state index contributed by atoms with van der Waals surface area (Å²) in [6.45, 7) is 2.63. The third kappa shape index (κ3) is 2.73. The van der Waals surface area contributed by atoms with Crippen LogP contribution in [0.1, 0.15) is 37.8 Å². The highest BCUT2D eigenvalue weighted by Crippen LogP contribution is 2.48. The fourth-order valence-corrected chi connectivity index (χ4v) is 3.95. The van der Waals surface area contributed by atoms with Gasteiger partial charge in [0.15, 0.2) is 0 Å².